The van der Waals surface area contributed by atoms with Gasteiger partial charge in [-0.25, -0.2) is 9.97 Å². The Bertz CT molecular complexity index is 701. The zero-order valence-electron chi connectivity index (χ0n) is 12.2. The van der Waals surface area contributed by atoms with Gasteiger partial charge in [-0.05, 0) is 19.9 Å². The summed E-state index contributed by atoms with van der Waals surface area (Å²) in [6, 6.07) is 2.11. The number of hydrogen-bond acceptors (Lipinski definition) is 5. The summed E-state index contributed by atoms with van der Waals surface area (Å²) >= 11 is 0. The van der Waals surface area contributed by atoms with Crippen LogP contribution in [0.4, 0.5) is 11.6 Å². The molecule has 1 unspecified atom stereocenters. The molecule has 0 aliphatic carbocycles. The van der Waals surface area contributed by atoms with Crippen molar-refractivity contribution < 1.29 is 0 Å². The van der Waals surface area contributed by atoms with Crippen molar-refractivity contribution in [3.05, 3.63) is 37.1 Å². The van der Waals surface area contributed by atoms with Gasteiger partial charge in [-0.3, -0.25) is 4.68 Å². The molecule has 0 radical (unpaired) electrons. The predicted molar refractivity (Wildman–Crippen MR) is 82.5 cm³/mol. The number of aromatic nitrogens is 5. The van der Waals surface area contributed by atoms with Gasteiger partial charge >= 0.3 is 0 Å². The van der Waals surface area contributed by atoms with E-state index < -0.39 is 0 Å². The highest BCUT2D eigenvalue weighted by atomic mass is 15.3. The Kier molecular flexibility index (Phi) is 3.72. The summed E-state index contributed by atoms with van der Waals surface area (Å²) in [5.41, 5.74) is 0.823. The fourth-order valence-corrected chi connectivity index (χ4v) is 2.26. The first-order valence-electron chi connectivity index (χ1n) is 7.08. The fourth-order valence-electron chi connectivity index (χ4n) is 2.26. The van der Waals surface area contributed by atoms with E-state index in [9.17, 15) is 0 Å². The number of rotatable bonds is 6. The van der Waals surface area contributed by atoms with Crippen LogP contribution in [0.1, 0.15) is 13.8 Å². The van der Waals surface area contributed by atoms with Gasteiger partial charge in [0.2, 0.25) is 0 Å². The molecule has 7 heteroatoms. The lowest BCUT2D eigenvalue weighted by Crippen LogP contribution is -2.23. The minimum Gasteiger partial charge on any atom is -0.369 e. The maximum Gasteiger partial charge on any atom is 0.180 e. The van der Waals surface area contributed by atoms with Crippen LogP contribution in [0.3, 0.4) is 0 Å². The number of hydrogen-bond donors (Lipinski definition) is 2. The van der Waals surface area contributed by atoms with Crippen molar-refractivity contribution >= 4 is 17.3 Å². The molecule has 0 saturated carbocycles. The first-order valence-corrected chi connectivity index (χ1v) is 7.08. The summed E-state index contributed by atoms with van der Waals surface area (Å²) in [6.45, 7) is 5.75. The van der Waals surface area contributed by atoms with Gasteiger partial charge in [0, 0.05) is 37.4 Å². The van der Waals surface area contributed by atoms with Gasteiger partial charge in [-0.1, -0.05) is 0 Å². The molecule has 3 rings (SSSR count). The largest absolute Gasteiger partial charge is 0.369 e. The number of nitrogens with zero attached hydrogens (tertiary/aromatic N) is 5. The van der Waals surface area contributed by atoms with Crippen molar-refractivity contribution in [2.24, 2.45) is 0 Å². The zero-order chi connectivity index (χ0) is 14.7. The molecule has 3 heterocycles. The molecular formula is C14H19N7. The second-order valence-corrected chi connectivity index (χ2v) is 4.94. The smallest absolute Gasteiger partial charge is 0.180 e. The standard InChI is InChI=1S/C14H19N7/c1-3-15-12-10-20-8-6-16-14(20)13(19-12)18-11(2)9-21-7-4-5-17-21/h4-8,10-11,15H,3,9H2,1-2H3,(H,18,19). The summed E-state index contributed by atoms with van der Waals surface area (Å²) in [4.78, 5) is 8.95. The molecule has 21 heavy (non-hydrogen) atoms. The van der Waals surface area contributed by atoms with E-state index >= 15 is 0 Å². The van der Waals surface area contributed by atoms with Gasteiger partial charge in [0.1, 0.15) is 5.82 Å². The molecule has 0 aliphatic rings. The molecule has 0 spiro atoms. The van der Waals surface area contributed by atoms with E-state index in [2.05, 4.69) is 32.6 Å². The highest BCUT2D eigenvalue weighted by molar-refractivity contribution is 5.65. The zero-order valence-corrected chi connectivity index (χ0v) is 12.2. The SMILES string of the molecule is CCNc1cn2ccnc2c(NC(C)Cn2cccn2)n1. The molecule has 0 aromatic carbocycles. The molecule has 0 bridgehead atoms. The summed E-state index contributed by atoms with van der Waals surface area (Å²) < 4.78 is 3.86. The van der Waals surface area contributed by atoms with E-state index in [1.165, 1.54) is 0 Å². The lowest BCUT2D eigenvalue weighted by atomic mass is 10.3. The molecular weight excluding hydrogens is 266 g/mol. The van der Waals surface area contributed by atoms with Crippen LogP contribution in [0.15, 0.2) is 37.1 Å². The lowest BCUT2D eigenvalue weighted by molar-refractivity contribution is 0.560. The maximum absolute atomic E-state index is 4.60. The topological polar surface area (TPSA) is 72.1 Å². The highest BCUT2D eigenvalue weighted by Crippen LogP contribution is 2.17. The molecule has 3 aromatic heterocycles. The maximum atomic E-state index is 4.60. The first kappa shape index (κ1) is 13.4. The fraction of sp³-hybridized carbons (Fsp3) is 0.357. The third-order valence-corrected chi connectivity index (χ3v) is 3.14. The second kappa shape index (κ2) is 5.82. The summed E-state index contributed by atoms with van der Waals surface area (Å²) in [5.74, 6) is 1.61. The van der Waals surface area contributed by atoms with E-state index in [-0.39, 0.29) is 6.04 Å². The number of anilines is 2. The summed E-state index contributed by atoms with van der Waals surface area (Å²) in [7, 11) is 0. The van der Waals surface area contributed by atoms with Crippen molar-refractivity contribution in [1.29, 1.82) is 0 Å². The Labute approximate surface area is 123 Å². The summed E-state index contributed by atoms with van der Waals surface area (Å²) in [6.07, 6.45) is 9.36. The molecule has 3 aromatic rings. The average molecular weight is 285 g/mol. The van der Waals surface area contributed by atoms with E-state index in [4.69, 9.17) is 0 Å². The van der Waals surface area contributed by atoms with Crippen LogP contribution >= 0.6 is 0 Å². The monoisotopic (exact) mass is 285 g/mol. The van der Waals surface area contributed by atoms with Crippen LogP contribution in [-0.2, 0) is 6.54 Å². The van der Waals surface area contributed by atoms with Gasteiger partial charge in [0.05, 0.1) is 12.7 Å². The molecule has 1 atom stereocenters. The van der Waals surface area contributed by atoms with Gasteiger partial charge < -0.3 is 15.0 Å². The number of imidazole rings is 1. The average Bonchev–Trinajstić information content (AvgIpc) is 3.09. The molecule has 2 N–H and O–H groups in total. The lowest BCUT2D eigenvalue weighted by Gasteiger charge is -2.16. The Hall–Kier alpha value is -2.57. The number of fused-ring (bicyclic) bond motifs is 1. The van der Waals surface area contributed by atoms with E-state index in [0.29, 0.717) is 0 Å². The third-order valence-electron chi connectivity index (χ3n) is 3.14. The van der Waals surface area contributed by atoms with Crippen molar-refractivity contribution in [2.75, 3.05) is 17.2 Å². The van der Waals surface area contributed by atoms with Crippen molar-refractivity contribution in [3.63, 3.8) is 0 Å². The molecule has 0 saturated heterocycles. The van der Waals surface area contributed by atoms with Crippen molar-refractivity contribution in [3.8, 4) is 0 Å². The minimum atomic E-state index is 0.190. The third kappa shape index (κ3) is 2.96. The van der Waals surface area contributed by atoms with Gasteiger partial charge in [-0.15, -0.1) is 0 Å². The van der Waals surface area contributed by atoms with Gasteiger partial charge in [0.25, 0.3) is 0 Å². The van der Waals surface area contributed by atoms with Gasteiger partial charge in [0.15, 0.2) is 11.5 Å². The molecule has 110 valence electrons. The van der Waals surface area contributed by atoms with Crippen LogP contribution in [0.5, 0.6) is 0 Å². The van der Waals surface area contributed by atoms with Crippen molar-refractivity contribution in [1.82, 2.24) is 24.1 Å². The Morgan fingerprint density at radius 1 is 1.29 bits per heavy atom. The molecule has 7 nitrogen and oxygen atoms in total. The predicted octanol–water partition coefficient (Wildman–Crippen LogP) is 1.86. The van der Waals surface area contributed by atoms with Gasteiger partial charge in [-0.2, -0.15) is 5.10 Å². The van der Waals surface area contributed by atoms with Crippen LogP contribution < -0.4 is 10.6 Å². The molecule has 0 fully saturated rings. The van der Waals surface area contributed by atoms with E-state index in [1.807, 2.05) is 40.7 Å². The van der Waals surface area contributed by atoms with Crippen LogP contribution in [0.25, 0.3) is 5.65 Å². The van der Waals surface area contributed by atoms with Crippen molar-refractivity contribution in [2.45, 2.75) is 26.4 Å². The first-order chi connectivity index (χ1) is 10.3. The highest BCUT2D eigenvalue weighted by Gasteiger charge is 2.10. The quantitative estimate of drug-likeness (QED) is 0.723. The minimum absolute atomic E-state index is 0.190. The van der Waals surface area contributed by atoms with Crippen LogP contribution in [0.2, 0.25) is 0 Å². The normalized spacial score (nSPS) is 12.5. The Balaban J connectivity index is 1.83. The summed E-state index contributed by atoms with van der Waals surface area (Å²) in [5, 5.41) is 10.9. The van der Waals surface area contributed by atoms with E-state index in [1.54, 1.807) is 12.4 Å². The van der Waals surface area contributed by atoms with Crippen LogP contribution in [0, 0.1) is 0 Å². The Morgan fingerprint density at radius 3 is 2.95 bits per heavy atom. The molecule has 0 aliphatic heterocycles. The number of nitrogens with one attached hydrogen (secondary N) is 2. The van der Waals surface area contributed by atoms with E-state index in [0.717, 1.165) is 30.4 Å². The second-order valence-electron chi connectivity index (χ2n) is 4.94. The molecule has 0 amide bonds. The van der Waals surface area contributed by atoms with Crippen LogP contribution in [-0.4, -0.2) is 36.7 Å². The Morgan fingerprint density at radius 2 is 2.19 bits per heavy atom.